The Bertz CT molecular complexity index is 664. The number of rotatable bonds is 6. The Morgan fingerprint density at radius 2 is 2.17 bits per heavy atom. The Labute approximate surface area is 140 Å². The van der Waals surface area contributed by atoms with Gasteiger partial charge in [-0.2, -0.15) is 0 Å². The molecule has 5 nitrogen and oxygen atoms in total. The fourth-order valence-corrected chi connectivity index (χ4v) is 2.78. The van der Waals surface area contributed by atoms with Gasteiger partial charge in [-0.3, -0.25) is 9.78 Å². The number of hydrogen-bond donors (Lipinski definition) is 1. The fourth-order valence-electron chi connectivity index (χ4n) is 2.78. The summed E-state index contributed by atoms with van der Waals surface area (Å²) in [7, 11) is 0. The molecule has 0 bridgehead atoms. The van der Waals surface area contributed by atoms with Gasteiger partial charge < -0.3 is 15.0 Å². The monoisotopic (exact) mass is 329 g/mol. The van der Waals surface area contributed by atoms with Crippen LogP contribution < -0.4 is 15.0 Å². The molecule has 0 radical (unpaired) electrons. The molecule has 1 N–H and O–H groups in total. The Hall–Kier alpha value is -2.63. The van der Waals surface area contributed by atoms with Crippen molar-refractivity contribution in [3.8, 4) is 5.75 Å². The van der Waals surface area contributed by atoms with Gasteiger partial charge in [-0.25, -0.2) is 4.39 Å². The summed E-state index contributed by atoms with van der Waals surface area (Å²) < 4.78 is 18.3. The van der Waals surface area contributed by atoms with E-state index in [2.05, 4.69) is 15.2 Å². The number of carbonyl (C=O) groups excluding carboxylic acids is 1. The summed E-state index contributed by atoms with van der Waals surface area (Å²) in [5.41, 5.74) is 1.02. The summed E-state index contributed by atoms with van der Waals surface area (Å²) in [5.74, 6) is 0.600. The summed E-state index contributed by atoms with van der Waals surface area (Å²) >= 11 is 0. The Morgan fingerprint density at radius 1 is 1.33 bits per heavy atom. The lowest BCUT2D eigenvalue weighted by molar-refractivity contribution is -0.123. The highest BCUT2D eigenvalue weighted by Crippen LogP contribution is 2.23. The molecule has 24 heavy (non-hydrogen) atoms. The van der Waals surface area contributed by atoms with Crippen molar-refractivity contribution < 1.29 is 13.9 Å². The van der Waals surface area contributed by atoms with E-state index in [4.69, 9.17) is 4.74 Å². The predicted octanol–water partition coefficient (Wildman–Crippen LogP) is 2.24. The number of ether oxygens (including phenoxy) is 1. The maximum absolute atomic E-state index is 13.0. The number of anilines is 1. The van der Waals surface area contributed by atoms with E-state index in [0.717, 1.165) is 25.2 Å². The van der Waals surface area contributed by atoms with Gasteiger partial charge in [0.05, 0.1) is 6.20 Å². The van der Waals surface area contributed by atoms with Crippen LogP contribution in [-0.4, -0.2) is 37.1 Å². The number of nitrogens with one attached hydrogen (secondary N) is 1. The summed E-state index contributed by atoms with van der Waals surface area (Å²) in [4.78, 5) is 18.0. The number of benzene rings is 1. The zero-order valence-corrected chi connectivity index (χ0v) is 13.3. The maximum Gasteiger partial charge on any atom is 0.257 e. The fraction of sp³-hybridized carbons (Fsp3) is 0.333. The first-order valence-corrected chi connectivity index (χ1v) is 8.01. The quantitative estimate of drug-likeness (QED) is 0.883. The van der Waals surface area contributed by atoms with Crippen LogP contribution in [0, 0.1) is 11.7 Å². The number of nitrogens with zero attached hydrogens (tertiary/aromatic N) is 2. The van der Waals surface area contributed by atoms with Gasteiger partial charge in [0.1, 0.15) is 11.6 Å². The van der Waals surface area contributed by atoms with Crippen molar-refractivity contribution in [1.29, 1.82) is 0 Å². The third-order valence-electron chi connectivity index (χ3n) is 4.07. The van der Waals surface area contributed by atoms with Crippen LogP contribution in [0.1, 0.15) is 6.42 Å². The van der Waals surface area contributed by atoms with Gasteiger partial charge in [0.25, 0.3) is 5.91 Å². The van der Waals surface area contributed by atoms with Crippen molar-refractivity contribution in [3.05, 3.63) is 54.6 Å². The molecule has 126 valence electrons. The second-order valence-corrected chi connectivity index (χ2v) is 5.86. The van der Waals surface area contributed by atoms with Crippen LogP contribution in [0.25, 0.3) is 0 Å². The van der Waals surface area contributed by atoms with Gasteiger partial charge in [-0.15, -0.1) is 0 Å². The molecule has 2 heterocycles. The molecule has 1 aliphatic rings. The lowest BCUT2D eigenvalue weighted by Crippen LogP contribution is -2.34. The van der Waals surface area contributed by atoms with Crippen molar-refractivity contribution in [2.45, 2.75) is 6.42 Å². The number of halogens is 1. The molecular weight excluding hydrogens is 309 g/mol. The minimum absolute atomic E-state index is 0.0138. The van der Waals surface area contributed by atoms with Crippen LogP contribution in [0.5, 0.6) is 5.75 Å². The molecule has 1 aliphatic heterocycles. The third kappa shape index (κ3) is 4.44. The summed E-state index contributed by atoms with van der Waals surface area (Å²) in [6, 6.07) is 10.0. The molecule has 1 fully saturated rings. The van der Waals surface area contributed by atoms with Crippen molar-refractivity contribution in [2.75, 3.05) is 31.1 Å². The van der Waals surface area contributed by atoms with Gasteiger partial charge in [0.15, 0.2) is 6.61 Å². The van der Waals surface area contributed by atoms with E-state index in [1.807, 2.05) is 0 Å². The van der Waals surface area contributed by atoms with Gasteiger partial charge in [0.2, 0.25) is 0 Å². The van der Waals surface area contributed by atoms with Crippen LogP contribution >= 0.6 is 0 Å². The molecule has 1 aromatic heterocycles. The molecule has 1 amide bonds. The molecule has 0 aliphatic carbocycles. The van der Waals surface area contributed by atoms with Gasteiger partial charge in [0, 0.05) is 31.5 Å². The average Bonchev–Trinajstić information content (AvgIpc) is 3.09. The molecule has 1 aromatic carbocycles. The molecule has 2 aromatic rings. The number of aromatic nitrogens is 1. The van der Waals surface area contributed by atoms with Gasteiger partial charge in [-0.1, -0.05) is 0 Å². The largest absolute Gasteiger partial charge is 0.482 e. The molecule has 1 unspecified atom stereocenters. The van der Waals surface area contributed by atoms with E-state index < -0.39 is 0 Å². The summed E-state index contributed by atoms with van der Waals surface area (Å²) in [6.45, 7) is 2.38. The van der Waals surface area contributed by atoms with Crippen molar-refractivity contribution >= 4 is 11.6 Å². The van der Waals surface area contributed by atoms with E-state index in [0.29, 0.717) is 18.2 Å². The highest BCUT2D eigenvalue weighted by atomic mass is 19.1. The normalized spacial score (nSPS) is 16.9. The Morgan fingerprint density at radius 3 is 2.92 bits per heavy atom. The molecule has 1 atom stereocenters. The third-order valence-corrected chi connectivity index (χ3v) is 4.07. The van der Waals surface area contributed by atoms with Crippen molar-refractivity contribution in [2.24, 2.45) is 5.92 Å². The first-order chi connectivity index (χ1) is 11.7. The van der Waals surface area contributed by atoms with E-state index in [-0.39, 0.29) is 18.3 Å². The minimum atomic E-state index is -0.227. The molecule has 1 saturated heterocycles. The average molecular weight is 329 g/mol. The second kappa shape index (κ2) is 7.77. The second-order valence-electron chi connectivity index (χ2n) is 5.86. The molecular formula is C18H20FN3O2. The molecule has 0 spiro atoms. The first kappa shape index (κ1) is 16.2. The van der Waals surface area contributed by atoms with E-state index in [1.165, 1.54) is 12.1 Å². The predicted molar refractivity (Wildman–Crippen MR) is 89.5 cm³/mol. The number of amides is 1. The maximum atomic E-state index is 13.0. The van der Waals surface area contributed by atoms with Crippen molar-refractivity contribution in [1.82, 2.24) is 10.3 Å². The number of hydrogen-bond acceptors (Lipinski definition) is 4. The topological polar surface area (TPSA) is 54.5 Å². The van der Waals surface area contributed by atoms with Gasteiger partial charge in [-0.05, 0) is 48.7 Å². The van der Waals surface area contributed by atoms with E-state index >= 15 is 0 Å². The molecule has 6 heteroatoms. The Kier molecular flexibility index (Phi) is 5.25. The SMILES string of the molecule is O=C(COc1cccnc1)NCC1CCN(c2ccc(F)cc2)C1. The number of pyridine rings is 1. The lowest BCUT2D eigenvalue weighted by atomic mass is 10.1. The summed E-state index contributed by atoms with van der Waals surface area (Å²) in [5, 5.41) is 2.90. The highest BCUT2D eigenvalue weighted by Gasteiger charge is 2.23. The standard InChI is InChI=1S/C18H20FN3O2/c19-15-3-5-16(6-4-15)22-9-7-14(12-22)10-21-18(23)13-24-17-2-1-8-20-11-17/h1-6,8,11,14H,7,9-10,12-13H2,(H,21,23). The summed E-state index contributed by atoms with van der Waals surface area (Å²) in [6.07, 6.45) is 4.23. The van der Waals surface area contributed by atoms with E-state index in [1.54, 1.807) is 36.7 Å². The zero-order valence-electron chi connectivity index (χ0n) is 13.3. The zero-order chi connectivity index (χ0) is 16.8. The molecule has 0 saturated carbocycles. The van der Waals surface area contributed by atoms with Crippen molar-refractivity contribution in [3.63, 3.8) is 0 Å². The van der Waals surface area contributed by atoms with E-state index in [9.17, 15) is 9.18 Å². The smallest absolute Gasteiger partial charge is 0.257 e. The lowest BCUT2D eigenvalue weighted by Gasteiger charge is -2.18. The Balaban J connectivity index is 1.39. The van der Waals surface area contributed by atoms with Crippen LogP contribution in [0.4, 0.5) is 10.1 Å². The van der Waals surface area contributed by atoms with Gasteiger partial charge >= 0.3 is 0 Å². The number of carbonyl (C=O) groups is 1. The molecule has 3 rings (SSSR count). The highest BCUT2D eigenvalue weighted by molar-refractivity contribution is 5.77. The van der Waals surface area contributed by atoms with Crippen LogP contribution in [0.15, 0.2) is 48.8 Å². The van der Waals surface area contributed by atoms with Crippen LogP contribution in [0.3, 0.4) is 0 Å². The van der Waals surface area contributed by atoms with Crippen LogP contribution in [-0.2, 0) is 4.79 Å². The first-order valence-electron chi connectivity index (χ1n) is 8.01. The van der Waals surface area contributed by atoms with Crippen LogP contribution in [0.2, 0.25) is 0 Å². The minimum Gasteiger partial charge on any atom is -0.482 e.